The molecule has 0 bridgehead atoms. The molecule has 142 valence electrons. The Morgan fingerprint density at radius 2 is 1.63 bits per heavy atom. The van der Waals surface area contributed by atoms with Crippen LogP contribution in [0.2, 0.25) is 0 Å². The first-order chi connectivity index (χ1) is 13.0. The Balaban J connectivity index is 1.93. The molecule has 2 aromatic carbocycles. The Morgan fingerprint density at radius 1 is 0.963 bits per heavy atom. The summed E-state index contributed by atoms with van der Waals surface area (Å²) in [6.45, 7) is 1.21. The Labute approximate surface area is 156 Å². The van der Waals surface area contributed by atoms with E-state index in [1.165, 1.54) is 6.92 Å². The molecule has 0 saturated carbocycles. The zero-order valence-corrected chi connectivity index (χ0v) is 14.8. The lowest BCUT2D eigenvalue weighted by Gasteiger charge is -2.17. The molecule has 0 amide bonds. The minimum Gasteiger partial charge on any atom is -0.491 e. The summed E-state index contributed by atoms with van der Waals surface area (Å²) in [7, 11) is 0. The van der Waals surface area contributed by atoms with Crippen molar-refractivity contribution in [3.63, 3.8) is 0 Å². The van der Waals surface area contributed by atoms with E-state index < -0.39 is 24.0 Å². The number of benzene rings is 2. The summed E-state index contributed by atoms with van der Waals surface area (Å²) in [4.78, 5) is 34.5. The average Bonchev–Trinajstić information content (AvgIpc) is 2.65. The summed E-state index contributed by atoms with van der Waals surface area (Å²) in [5, 5.41) is 8.92. The van der Waals surface area contributed by atoms with E-state index in [4.69, 9.17) is 19.3 Å². The van der Waals surface area contributed by atoms with E-state index in [1.807, 2.05) is 0 Å². The highest BCUT2D eigenvalue weighted by Crippen LogP contribution is 2.18. The van der Waals surface area contributed by atoms with E-state index in [0.717, 1.165) is 0 Å². The van der Waals surface area contributed by atoms with Gasteiger partial charge in [0.25, 0.3) is 6.29 Å². The number of hydrogen-bond acceptors (Lipinski definition) is 6. The van der Waals surface area contributed by atoms with Crippen molar-refractivity contribution in [1.29, 1.82) is 0 Å². The van der Waals surface area contributed by atoms with Crippen LogP contribution in [0, 0.1) is 0 Å². The molecule has 2 aromatic rings. The smallest absolute Gasteiger partial charge is 0.307 e. The van der Waals surface area contributed by atoms with E-state index in [-0.39, 0.29) is 19.6 Å². The first-order valence-electron chi connectivity index (χ1n) is 8.28. The van der Waals surface area contributed by atoms with Gasteiger partial charge in [-0.15, -0.1) is 0 Å². The third-order valence-corrected chi connectivity index (χ3v) is 3.47. The van der Waals surface area contributed by atoms with E-state index in [0.29, 0.717) is 16.9 Å². The van der Waals surface area contributed by atoms with E-state index in [1.54, 1.807) is 54.6 Å². The van der Waals surface area contributed by atoms with Gasteiger partial charge < -0.3 is 19.3 Å². The fourth-order valence-electron chi connectivity index (χ4n) is 2.31. The van der Waals surface area contributed by atoms with Crippen molar-refractivity contribution in [2.75, 3.05) is 13.2 Å². The summed E-state index contributed by atoms with van der Waals surface area (Å²) in [5.74, 6) is -1.67. The standard InChI is InChI=1S/C20H20O7/c1-14(21)27-20(19(24)15-7-3-2-4-8-15)26-12-11-25-17-10-6-5-9-16(17)13-18(22)23/h2-10,20H,11-13H2,1H3,(H,22,23). The summed E-state index contributed by atoms with van der Waals surface area (Å²) < 4.78 is 15.9. The molecule has 0 spiro atoms. The Kier molecular flexibility index (Phi) is 7.51. The zero-order chi connectivity index (χ0) is 19.6. The molecular formula is C20H20O7. The number of rotatable bonds is 10. The number of Topliss-reactive ketones (excluding diaryl/α,β-unsaturated/α-hetero) is 1. The SMILES string of the molecule is CC(=O)OC(OCCOc1ccccc1CC(=O)O)C(=O)c1ccccc1. The molecule has 7 nitrogen and oxygen atoms in total. The lowest BCUT2D eigenvalue weighted by atomic mass is 10.1. The van der Waals surface area contributed by atoms with Crippen LogP contribution in [0.3, 0.4) is 0 Å². The summed E-state index contributed by atoms with van der Waals surface area (Å²) in [5.41, 5.74) is 0.887. The van der Waals surface area contributed by atoms with Crippen LogP contribution in [-0.4, -0.2) is 42.3 Å². The van der Waals surface area contributed by atoms with Crippen molar-refractivity contribution < 1.29 is 33.7 Å². The minimum absolute atomic E-state index is 0.0298. The minimum atomic E-state index is -1.37. The van der Waals surface area contributed by atoms with Gasteiger partial charge in [-0.1, -0.05) is 48.5 Å². The molecule has 0 aromatic heterocycles. The van der Waals surface area contributed by atoms with Crippen molar-refractivity contribution in [2.24, 2.45) is 0 Å². The number of esters is 1. The number of carbonyl (C=O) groups is 3. The third-order valence-electron chi connectivity index (χ3n) is 3.47. The summed E-state index contributed by atoms with van der Waals surface area (Å²) in [6, 6.07) is 15.1. The van der Waals surface area contributed by atoms with Gasteiger partial charge in [-0.05, 0) is 6.07 Å². The van der Waals surface area contributed by atoms with Crippen molar-refractivity contribution in [2.45, 2.75) is 19.6 Å². The molecular weight excluding hydrogens is 352 g/mol. The molecule has 0 aliphatic rings. The van der Waals surface area contributed by atoms with E-state index in [9.17, 15) is 14.4 Å². The van der Waals surface area contributed by atoms with Gasteiger partial charge in [0, 0.05) is 18.1 Å². The van der Waals surface area contributed by atoms with Gasteiger partial charge in [0.2, 0.25) is 5.78 Å². The van der Waals surface area contributed by atoms with Gasteiger partial charge in [-0.2, -0.15) is 0 Å². The molecule has 1 atom stereocenters. The molecule has 0 radical (unpaired) electrons. The lowest BCUT2D eigenvalue weighted by molar-refractivity contribution is -0.167. The lowest BCUT2D eigenvalue weighted by Crippen LogP contribution is -2.31. The summed E-state index contributed by atoms with van der Waals surface area (Å²) >= 11 is 0. The number of hydrogen-bond donors (Lipinski definition) is 1. The normalized spacial score (nSPS) is 11.4. The highest BCUT2D eigenvalue weighted by Gasteiger charge is 2.23. The monoisotopic (exact) mass is 372 g/mol. The van der Waals surface area contributed by atoms with Crippen molar-refractivity contribution in [1.82, 2.24) is 0 Å². The van der Waals surface area contributed by atoms with Crippen LogP contribution < -0.4 is 4.74 Å². The zero-order valence-electron chi connectivity index (χ0n) is 14.8. The predicted molar refractivity (Wildman–Crippen MR) is 95.6 cm³/mol. The Hall–Kier alpha value is -3.19. The number of ketones is 1. The maximum absolute atomic E-state index is 12.4. The van der Waals surface area contributed by atoms with E-state index in [2.05, 4.69) is 0 Å². The largest absolute Gasteiger partial charge is 0.491 e. The van der Waals surface area contributed by atoms with Crippen molar-refractivity contribution >= 4 is 17.7 Å². The van der Waals surface area contributed by atoms with Gasteiger partial charge in [0.1, 0.15) is 12.4 Å². The number of ether oxygens (including phenoxy) is 3. The molecule has 0 fully saturated rings. The second-order valence-corrected chi connectivity index (χ2v) is 5.57. The predicted octanol–water partition coefficient (Wildman–Crippen LogP) is 2.48. The highest BCUT2D eigenvalue weighted by atomic mass is 16.7. The first kappa shape index (κ1) is 20.1. The molecule has 0 aliphatic heterocycles. The van der Waals surface area contributed by atoms with Crippen molar-refractivity contribution in [3.8, 4) is 5.75 Å². The average molecular weight is 372 g/mol. The molecule has 27 heavy (non-hydrogen) atoms. The molecule has 0 aliphatic carbocycles. The van der Waals surface area contributed by atoms with Gasteiger partial charge in [0.15, 0.2) is 0 Å². The molecule has 7 heteroatoms. The third kappa shape index (κ3) is 6.56. The first-order valence-corrected chi connectivity index (χ1v) is 8.28. The van der Waals surface area contributed by atoms with Crippen LogP contribution >= 0.6 is 0 Å². The second-order valence-electron chi connectivity index (χ2n) is 5.57. The van der Waals surface area contributed by atoms with Gasteiger partial charge in [0.05, 0.1) is 13.0 Å². The van der Waals surface area contributed by atoms with Crippen molar-refractivity contribution in [3.05, 3.63) is 65.7 Å². The second kappa shape index (κ2) is 10.1. The Morgan fingerprint density at radius 3 is 2.30 bits per heavy atom. The molecule has 2 rings (SSSR count). The van der Waals surface area contributed by atoms with Gasteiger partial charge in [-0.3, -0.25) is 14.4 Å². The highest BCUT2D eigenvalue weighted by molar-refractivity contribution is 5.99. The molecule has 0 heterocycles. The van der Waals surface area contributed by atoms with Gasteiger partial charge >= 0.3 is 11.9 Å². The van der Waals surface area contributed by atoms with Crippen LogP contribution in [0.4, 0.5) is 0 Å². The van der Waals surface area contributed by atoms with Crippen LogP contribution in [0.25, 0.3) is 0 Å². The van der Waals surface area contributed by atoms with Crippen LogP contribution in [0.5, 0.6) is 5.75 Å². The van der Waals surface area contributed by atoms with Crippen LogP contribution in [0.1, 0.15) is 22.8 Å². The number of aliphatic carboxylic acids is 1. The fourth-order valence-corrected chi connectivity index (χ4v) is 2.31. The molecule has 1 N–H and O–H groups in total. The summed E-state index contributed by atoms with van der Waals surface area (Å²) in [6.07, 6.45) is -1.54. The maximum atomic E-state index is 12.4. The fraction of sp³-hybridized carbons (Fsp3) is 0.250. The van der Waals surface area contributed by atoms with Crippen LogP contribution in [-0.2, 0) is 25.5 Å². The van der Waals surface area contributed by atoms with E-state index >= 15 is 0 Å². The van der Waals surface area contributed by atoms with Gasteiger partial charge in [-0.25, -0.2) is 0 Å². The molecule has 1 unspecified atom stereocenters. The molecule has 0 saturated heterocycles. The maximum Gasteiger partial charge on any atom is 0.307 e. The van der Waals surface area contributed by atoms with Crippen LogP contribution in [0.15, 0.2) is 54.6 Å². The Bertz CT molecular complexity index is 786. The number of para-hydroxylation sites is 1. The number of carboxylic acids is 1. The number of carbonyl (C=O) groups excluding carboxylic acids is 2. The quantitative estimate of drug-likeness (QED) is 0.296. The topological polar surface area (TPSA) is 99.1 Å². The number of carboxylic acid groups (broad SMARTS) is 1.